The fourth-order valence-electron chi connectivity index (χ4n) is 11.5. The number of hydrogen-bond donors (Lipinski definition) is 9. The van der Waals surface area contributed by atoms with Gasteiger partial charge >= 0.3 is 10.2 Å². The zero-order valence-electron chi connectivity index (χ0n) is 62.0. The first-order chi connectivity index (χ1) is 55.2. The molecule has 9 aromatic carbocycles. The highest BCUT2D eigenvalue weighted by Gasteiger charge is 2.45. The number of halogens is 8. The number of nitrogens with zero attached hydrogens (tertiary/aromatic N) is 1. The summed E-state index contributed by atoms with van der Waals surface area (Å²) in [5, 5.41) is 16.7. The zero-order chi connectivity index (χ0) is 85.2. The van der Waals surface area contributed by atoms with Crippen LogP contribution in [0.5, 0.6) is 0 Å². The first-order valence-corrected chi connectivity index (χ1v) is 44.6. The van der Waals surface area contributed by atoms with Crippen LogP contribution in [0, 0.1) is 23.3 Å². The van der Waals surface area contributed by atoms with Crippen LogP contribution in [0.15, 0.2) is 200 Å². The summed E-state index contributed by atoms with van der Waals surface area (Å²) in [7, 11) is -17.5. The van der Waals surface area contributed by atoms with E-state index in [0.29, 0.717) is 62.6 Å². The van der Waals surface area contributed by atoms with E-state index in [1.54, 1.807) is 49.4 Å². The summed E-state index contributed by atoms with van der Waals surface area (Å²) in [4.78, 5) is 49.7. The molecule has 3 heterocycles. The Morgan fingerprint density at radius 2 is 0.855 bits per heavy atom. The predicted octanol–water partition coefficient (Wildman–Crippen LogP) is 13.9. The molecule has 3 aliphatic heterocycles. The SMILES string of the molecule is CC1OCCC1S(=O)(=O)Nc1cccc(C(=O)Nc2ccc(F)c(Cl)c2)c1.COCC(C)S(=O)(=O)Nc1cccc(C(=O)Nc2ccc(F)c(Cl)c2)c1.O=C(Nc1ccc(F)c(Cl)c1)c1cccc(NS(=O)(=O)C2CS(=O)(=O)CC2O)c1.O=C(Nc1ccc(F)c(Cl)c1)c1cccc(NS(=O)(=O)N2CCC(OCc3ccccc3)CC2)c1. The third kappa shape index (κ3) is 26.7. The molecule has 27 nitrogen and oxygen atoms in total. The number of ether oxygens (including phenoxy) is 3. The van der Waals surface area contributed by atoms with E-state index < -0.39 is 136 Å². The van der Waals surface area contributed by atoms with Crippen molar-refractivity contribution < 1.29 is 98.1 Å². The standard InChI is InChI=1S/C25H25ClFN3O4S.C18H18ClFN2O4S.C17H16ClFN2O6S2.C17H18ClFN2O4S/c26-23-16-20(9-10-24(23)27)28-25(31)19-7-4-8-21(15-19)29-35(32,33)30-13-11-22(12-14-30)34-17-18-5-2-1-3-6-18;1-11-17(7-8-26-11)27(24,25)22-14-4-2-3-12(9-14)18(23)21-13-5-6-16(20)15(19)10-13;18-13-7-11(4-5-14(13)19)20-17(23)10-2-1-3-12(6-10)21-29(26,27)16-9-28(24,25)8-15(16)22;1-11(10-25-2)26(23,24)21-14-5-3-4-12(8-14)17(22)20-13-6-7-16(19)15(18)9-13/h1-10,15-16,22,29H,11-14,17H2,(H,28,31);2-6,9-11,17,22H,7-8H2,1H3,(H,21,23);1-7,15-16,21-22H,8-9H2,(H,20,23);3-9,11,21H,10H2,1-2H3,(H,20,22). The van der Waals surface area contributed by atoms with Crippen molar-refractivity contribution in [2.24, 2.45) is 0 Å². The Morgan fingerprint density at radius 1 is 0.487 bits per heavy atom. The number of carbonyl (C=O) groups excluding carboxylic acids is 4. The normalized spacial score (nSPS) is 17.0. The molecule has 3 fully saturated rings. The lowest BCUT2D eigenvalue weighted by atomic mass is 10.1. The monoisotopic (exact) mass is 1790 g/mol. The highest BCUT2D eigenvalue weighted by atomic mass is 35.5. The minimum atomic E-state index is -4.22. The lowest BCUT2D eigenvalue weighted by molar-refractivity contribution is 0.0103. The maximum absolute atomic E-state index is 13.3. The summed E-state index contributed by atoms with van der Waals surface area (Å²) in [6.07, 6.45) is -0.326. The molecule has 9 N–H and O–H groups in total. The summed E-state index contributed by atoms with van der Waals surface area (Å²) in [5.74, 6) is -5.76. The zero-order valence-corrected chi connectivity index (χ0v) is 69.1. The van der Waals surface area contributed by atoms with Gasteiger partial charge in [0, 0.05) is 88.9 Å². The molecule has 117 heavy (non-hydrogen) atoms. The molecule has 5 unspecified atom stereocenters. The molecule has 3 saturated heterocycles. The second-order valence-electron chi connectivity index (χ2n) is 26.5. The van der Waals surface area contributed by atoms with Gasteiger partial charge in [0.05, 0.1) is 68.8 Å². The molecule has 3 aliphatic rings. The van der Waals surface area contributed by atoms with Gasteiger partial charge in [0.15, 0.2) is 9.84 Å². The number of sulfonamides is 3. The summed E-state index contributed by atoms with van der Waals surface area (Å²) >= 11 is 22.8. The van der Waals surface area contributed by atoms with E-state index in [1.807, 2.05) is 30.3 Å². The second kappa shape index (κ2) is 40.8. The van der Waals surface area contributed by atoms with Gasteiger partial charge in [-0.25, -0.2) is 51.2 Å². The van der Waals surface area contributed by atoms with E-state index >= 15 is 0 Å². The van der Waals surface area contributed by atoms with Crippen LogP contribution in [0.25, 0.3) is 0 Å². The molecule has 0 aromatic heterocycles. The van der Waals surface area contributed by atoms with Crippen LogP contribution in [0.4, 0.5) is 63.1 Å². The van der Waals surface area contributed by atoms with Gasteiger partial charge in [-0.05, 0) is 184 Å². The van der Waals surface area contributed by atoms with Crippen molar-refractivity contribution in [3.63, 3.8) is 0 Å². The lowest BCUT2D eigenvalue weighted by Gasteiger charge is -2.31. The Morgan fingerprint density at radius 3 is 1.20 bits per heavy atom. The average molecular weight is 1790 g/mol. The smallest absolute Gasteiger partial charge is 0.301 e. The first kappa shape index (κ1) is 91.4. The molecule has 4 amide bonds. The van der Waals surface area contributed by atoms with Crippen LogP contribution in [0.1, 0.15) is 80.1 Å². The van der Waals surface area contributed by atoms with E-state index in [1.165, 1.54) is 121 Å². The van der Waals surface area contributed by atoms with Crippen LogP contribution in [-0.2, 0) is 70.9 Å². The number of piperidine rings is 1. The number of rotatable bonds is 25. The fraction of sp³-hybridized carbons (Fsp3) is 0.247. The van der Waals surface area contributed by atoms with Crippen molar-refractivity contribution in [2.75, 3.05) is 85.1 Å². The van der Waals surface area contributed by atoms with Crippen molar-refractivity contribution in [3.8, 4) is 0 Å². The van der Waals surface area contributed by atoms with E-state index in [-0.39, 0.29) is 83.5 Å². The summed E-state index contributed by atoms with van der Waals surface area (Å²) in [6, 6.07) is 48.6. The Bertz CT molecular complexity index is 5700. The maximum atomic E-state index is 13.3. The molecular formula is C77H77Cl4F4N9O18S5. The van der Waals surface area contributed by atoms with E-state index in [4.69, 9.17) is 60.6 Å². The highest BCUT2D eigenvalue weighted by Crippen LogP contribution is 2.30. The molecule has 624 valence electrons. The average Bonchev–Trinajstić information content (AvgIpc) is 1.65. The summed E-state index contributed by atoms with van der Waals surface area (Å²) in [5.41, 5.74) is 3.89. The van der Waals surface area contributed by atoms with Crippen molar-refractivity contribution in [3.05, 3.63) is 271 Å². The van der Waals surface area contributed by atoms with Crippen molar-refractivity contribution >= 4 is 166 Å². The van der Waals surface area contributed by atoms with E-state index in [0.717, 1.165) is 29.8 Å². The Balaban J connectivity index is 0.000000179. The van der Waals surface area contributed by atoms with Gasteiger partial charge in [0.1, 0.15) is 39.0 Å². The number of nitrogens with one attached hydrogen (secondary N) is 8. The molecule has 0 radical (unpaired) electrons. The Hall–Kier alpha value is -9.51. The quantitative estimate of drug-likeness (QED) is 0.0240. The lowest BCUT2D eigenvalue weighted by Crippen LogP contribution is -2.43. The van der Waals surface area contributed by atoms with Crippen LogP contribution >= 0.6 is 46.4 Å². The molecule has 12 rings (SSSR count). The Labute approximate surface area is 693 Å². The third-order valence-electron chi connectivity index (χ3n) is 17.6. The van der Waals surface area contributed by atoms with Gasteiger partial charge in [-0.15, -0.1) is 0 Å². The number of benzene rings is 9. The number of amides is 4. The molecule has 9 aromatic rings. The van der Waals surface area contributed by atoms with E-state index in [2.05, 4.69) is 40.2 Å². The van der Waals surface area contributed by atoms with Crippen LogP contribution in [0.2, 0.25) is 20.1 Å². The third-order valence-corrected chi connectivity index (χ3v) is 27.7. The molecule has 0 spiro atoms. The van der Waals surface area contributed by atoms with Gasteiger partial charge in [0.2, 0.25) is 30.1 Å². The first-order valence-electron chi connectivity index (χ1n) is 35.2. The predicted molar refractivity (Wildman–Crippen MR) is 443 cm³/mol. The molecular weight excluding hydrogens is 1720 g/mol. The number of aliphatic hydroxyl groups excluding tert-OH is 1. The minimum absolute atomic E-state index is 0.00588. The van der Waals surface area contributed by atoms with Gasteiger partial charge in [0.25, 0.3) is 23.6 Å². The number of sulfone groups is 1. The summed E-state index contributed by atoms with van der Waals surface area (Å²) < 4.78 is 203. The number of methoxy groups -OCH3 is 1. The molecule has 0 bridgehead atoms. The van der Waals surface area contributed by atoms with Crippen LogP contribution in [0.3, 0.4) is 0 Å². The van der Waals surface area contributed by atoms with Gasteiger partial charge in [-0.3, -0.25) is 38.1 Å². The summed E-state index contributed by atoms with van der Waals surface area (Å²) in [6.45, 7) is 4.83. The van der Waals surface area contributed by atoms with Gasteiger partial charge in [-0.1, -0.05) is 101 Å². The molecule has 40 heteroatoms. The van der Waals surface area contributed by atoms with Crippen LogP contribution in [-0.4, -0.2) is 154 Å². The van der Waals surface area contributed by atoms with Crippen molar-refractivity contribution in [1.82, 2.24) is 4.31 Å². The largest absolute Gasteiger partial charge is 0.391 e. The maximum Gasteiger partial charge on any atom is 0.301 e. The van der Waals surface area contributed by atoms with Crippen molar-refractivity contribution in [1.29, 1.82) is 0 Å². The Kier molecular flexibility index (Phi) is 31.8. The molecule has 5 atom stereocenters. The topological polar surface area (TPSA) is 386 Å². The number of anilines is 8. The van der Waals surface area contributed by atoms with Crippen molar-refractivity contribution in [2.45, 2.75) is 73.8 Å². The number of hydrogen-bond acceptors (Lipinski definition) is 18. The second-order valence-corrected chi connectivity index (χ2v) is 37.8. The van der Waals surface area contributed by atoms with Gasteiger partial charge in [-0.2, -0.15) is 12.7 Å². The highest BCUT2D eigenvalue weighted by molar-refractivity contribution is 7.97. The fourth-order valence-corrected chi connectivity index (χ4v) is 20.3. The number of carbonyl (C=O) groups is 4. The van der Waals surface area contributed by atoms with Crippen LogP contribution < -0.4 is 40.2 Å². The molecule has 0 aliphatic carbocycles. The minimum Gasteiger partial charge on any atom is -0.391 e. The van der Waals surface area contributed by atoms with Gasteiger partial charge < -0.3 is 40.6 Å². The van der Waals surface area contributed by atoms with E-state index in [9.17, 15) is 83.9 Å². The molecule has 0 saturated carbocycles. The number of aliphatic hydroxyl groups is 1.